The number of hydrogen-bond acceptors (Lipinski definition) is 4. The molecule has 1 heterocycles. The van der Waals surface area contributed by atoms with E-state index in [2.05, 4.69) is 16.4 Å². The molecule has 0 saturated heterocycles. The van der Waals surface area contributed by atoms with Crippen LogP contribution in [0.4, 0.5) is 13.2 Å². The predicted octanol–water partition coefficient (Wildman–Crippen LogP) is 5.17. The molecule has 1 N–H and O–H groups in total. The number of aryl methyl sites for hydroxylation is 1. The van der Waals surface area contributed by atoms with E-state index < -0.39 is 11.7 Å². The maximum absolute atomic E-state index is 13.6. The third kappa shape index (κ3) is 8.58. The van der Waals surface area contributed by atoms with Crippen molar-refractivity contribution in [2.24, 2.45) is 0 Å². The van der Waals surface area contributed by atoms with Crippen LogP contribution in [0.1, 0.15) is 40.8 Å². The smallest absolute Gasteiger partial charge is 0.385 e. The van der Waals surface area contributed by atoms with Gasteiger partial charge in [0.25, 0.3) is 0 Å². The molecular weight excluding hydrogens is 499 g/mol. The average molecular weight is 530 g/mol. The van der Waals surface area contributed by atoms with Gasteiger partial charge in [-0.2, -0.15) is 18.4 Å². The molecule has 0 atom stereocenters. The van der Waals surface area contributed by atoms with E-state index >= 15 is 0 Å². The molecule has 0 unspecified atom stereocenters. The zero-order chi connectivity index (χ0) is 26.7. The maximum atomic E-state index is 13.6. The summed E-state index contributed by atoms with van der Waals surface area (Å²) in [6.07, 6.45) is 1.21. The molecule has 37 heavy (non-hydrogen) atoms. The largest absolute Gasteiger partial charge is 0.416 e. The third-order valence-electron chi connectivity index (χ3n) is 5.87. The van der Waals surface area contributed by atoms with Gasteiger partial charge in [-0.05, 0) is 60.8 Å². The zero-order valence-corrected chi connectivity index (χ0v) is 21.5. The lowest BCUT2D eigenvalue weighted by Crippen LogP contribution is -2.41. The summed E-state index contributed by atoms with van der Waals surface area (Å²) in [4.78, 5) is 6.06. The fourth-order valence-corrected chi connectivity index (χ4v) is 4.21. The van der Waals surface area contributed by atoms with Crippen LogP contribution in [0.5, 0.6) is 0 Å². The van der Waals surface area contributed by atoms with Crippen molar-refractivity contribution >= 4 is 17.3 Å². The number of nitrogens with zero attached hydrogens (tertiary/aromatic N) is 4. The Kier molecular flexibility index (Phi) is 10.5. The first-order valence-electron chi connectivity index (χ1n) is 12.0. The Morgan fingerprint density at radius 1 is 1.16 bits per heavy atom. The highest BCUT2D eigenvalue weighted by molar-refractivity contribution is 7.80. The van der Waals surface area contributed by atoms with Crippen molar-refractivity contribution in [2.45, 2.75) is 38.5 Å². The highest BCUT2D eigenvalue weighted by atomic mass is 32.1. The van der Waals surface area contributed by atoms with Crippen LogP contribution in [-0.2, 0) is 30.4 Å². The Balaban J connectivity index is 1.67. The molecule has 0 spiro atoms. The van der Waals surface area contributed by atoms with Crippen LogP contribution in [0, 0.1) is 11.3 Å². The molecular formula is C27H30F3N5OS. The molecule has 0 bridgehead atoms. The van der Waals surface area contributed by atoms with Crippen LogP contribution in [-0.4, -0.2) is 46.4 Å². The van der Waals surface area contributed by atoms with E-state index in [1.54, 1.807) is 42.7 Å². The molecule has 2 aromatic carbocycles. The van der Waals surface area contributed by atoms with Crippen LogP contribution < -0.4 is 5.32 Å². The Bertz CT molecular complexity index is 1190. The number of imidazole rings is 1. The first-order valence-corrected chi connectivity index (χ1v) is 12.4. The number of methoxy groups -OCH3 is 1. The standard InChI is InChI=1S/C27H30F3N5OS/c1-36-15-5-13-33-26(37)34(19-23-6-2-3-8-25(23)27(28,29)30)14-4-7-24-17-32-20-35(24)18-22-11-9-21(16-31)10-12-22/h2-3,6,8-12,17,20H,4-5,7,13-15,18-19H2,1H3,(H,33,37). The lowest BCUT2D eigenvalue weighted by molar-refractivity contribution is -0.138. The van der Waals surface area contributed by atoms with Gasteiger partial charge in [-0.25, -0.2) is 4.98 Å². The predicted molar refractivity (Wildman–Crippen MR) is 140 cm³/mol. The van der Waals surface area contributed by atoms with Gasteiger partial charge in [0, 0.05) is 51.8 Å². The van der Waals surface area contributed by atoms with Crippen molar-refractivity contribution in [3.63, 3.8) is 0 Å². The number of hydrogen-bond donors (Lipinski definition) is 1. The van der Waals surface area contributed by atoms with Gasteiger partial charge in [-0.1, -0.05) is 30.3 Å². The van der Waals surface area contributed by atoms with Gasteiger partial charge in [0.1, 0.15) is 0 Å². The van der Waals surface area contributed by atoms with Gasteiger partial charge in [0.15, 0.2) is 5.11 Å². The maximum Gasteiger partial charge on any atom is 0.416 e. The quantitative estimate of drug-likeness (QED) is 0.258. The van der Waals surface area contributed by atoms with Crippen molar-refractivity contribution in [1.29, 1.82) is 5.26 Å². The summed E-state index contributed by atoms with van der Waals surface area (Å²) >= 11 is 5.56. The number of thiocarbonyl (C=S) groups is 1. The molecule has 0 amide bonds. The van der Waals surface area contributed by atoms with E-state index in [4.69, 9.17) is 22.2 Å². The summed E-state index contributed by atoms with van der Waals surface area (Å²) in [7, 11) is 1.62. The molecule has 0 fully saturated rings. The molecule has 3 aromatic rings. The average Bonchev–Trinajstić information content (AvgIpc) is 3.32. The number of nitrogens with one attached hydrogen (secondary N) is 1. The van der Waals surface area contributed by atoms with Gasteiger partial charge in [0.05, 0.1) is 23.5 Å². The molecule has 1 aromatic heterocycles. The molecule has 0 aliphatic rings. The van der Waals surface area contributed by atoms with Crippen molar-refractivity contribution in [1.82, 2.24) is 19.8 Å². The van der Waals surface area contributed by atoms with Gasteiger partial charge >= 0.3 is 6.18 Å². The topological polar surface area (TPSA) is 66.1 Å². The summed E-state index contributed by atoms with van der Waals surface area (Å²) in [5.74, 6) is 0. The van der Waals surface area contributed by atoms with Crippen molar-refractivity contribution < 1.29 is 17.9 Å². The number of rotatable bonds is 12. The molecule has 0 aliphatic heterocycles. The number of nitriles is 1. The molecule has 0 aliphatic carbocycles. The second-order valence-electron chi connectivity index (χ2n) is 8.58. The van der Waals surface area contributed by atoms with Crippen LogP contribution in [0.25, 0.3) is 0 Å². The van der Waals surface area contributed by atoms with Crippen LogP contribution in [0.2, 0.25) is 0 Å². The highest BCUT2D eigenvalue weighted by Crippen LogP contribution is 2.32. The van der Waals surface area contributed by atoms with Gasteiger partial charge in [-0.15, -0.1) is 0 Å². The fraction of sp³-hybridized carbons (Fsp3) is 0.370. The van der Waals surface area contributed by atoms with E-state index in [9.17, 15) is 13.2 Å². The van der Waals surface area contributed by atoms with E-state index in [-0.39, 0.29) is 12.1 Å². The minimum Gasteiger partial charge on any atom is -0.385 e. The monoisotopic (exact) mass is 529 g/mol. The van der Waals surface area contributed by atoms with Gasteiger partial charge in [-0.3, -0.25) is 0 Å². The van der Waals surface area contributed by atoms with E-state index in [0.717, 1.165) is 23.7 Å². The normalized spacial score (nSPS) is 11.2. The molecule has 0 saturated carbocycles. The van der Waals surface area contributed by atoms with Crippen molar-refractivity contribution in [3.05, 3.63) is 89.0 Å². The molecule has 3 rings (SSSR count). The number of aromatic nitrogens is 2. The van der Waals surface area contributed by atoms with Crippen molar-refractivity contribution in [2.75, 3.05) is 26.8 Å². The Labute approximate surface area is 220 Å². The summed E-state index contributed by atoms with van der Waals surface area (Å²) < 4.78 is 47.8. The van der Waals surface area contributed by atoms with Crippen molar-refractivity contribution in [3.8, 4) is 6.07 Å². The second-order valence-corrected chi connectivity index (χ2v) is 8.97. The first kappa shape index (κ1) is 28.2. The number of ether oxygens (including phenoxy) is 1. The summed E-state index contributed by atoms with van der Waals surface area (Å²) in [5, 5.41) is 12.6. The number of alkyl halides is 3. The summed E-state index contributed by atoms with van der Waals surface area (Å²) in [6.45, 7) is 2.28. The Morgan fingerprint density at radius 2 is 1.92 bits per heavy atom. The highest BCUT2D eigenvalue weighted by Gasteiger charge is 2.33. The lowest BCUT2D eigenvalue weighted by Gasteiger charge is -2.27. The van der Waals surface area contributed by atoms with Crippen LogP contribution >= 0.6 is 12.2 Å². The third-order valence-corrected chi connectivity index (χ3v) is 6.27. The summed E-state index contributed by atoms with van der Waals surface area (Å²) in [5.41, 5.74) is 2.20. The number of halogens is 3. The SMILES string of the molecule is COCCCNC(=S)N(CCCc1cncn1Cc1ccc(C#N)cc1)Cc1ccccc1C(F)(F)F. The minimum atomic E-state index is -4.44. The minimum absolute atomic E-state index is 0.0519. The Hall–Kier alpha value is -3.42. The Morgan fingerprint density at radius 3 is 2.62 bits per heavy atom. The van der Waals surface area contributed by atoms with E-state index in [1.165, 1.54) is 12.1 Å². The van der Waals surface area contributed by atoms with Gasteiger partial charge in [0.2, 0.25) is 0 Å². The number of benzene rings is 2. The molecule has 0 radical (unpaired) electrons. The second kappa shape index (κ2) is 13.8. The molecule has 6 nitrogen and oxygen atoms in total. The first-order chi connectivity index (χ1) is 17.8. The van der Waals surface area contributed by atoms with E-state index in [1.807, 2.05) is 16.7 Å². The summed E-state index contributed by atoms with van der Waals surface area (Å²) in [6, 6.07) is 15.1. The lowest BCUT2D eigenvalue weighted by atomic mass is 10.1. The molecule has 10 heteroatoms. The zero-order valence-electron chi connectivity index (χ0n) is 20.7. The van der Waals surface area contributed by atoms with Gasteiger partial charge < -0.3 is 19.5 Å². The molecule has 196 valence electrons. The van der Waals surface area contributed by atoms with Crippen LogP contribution in [0.3, 0.4) is 0 Å². The van der Waals surface area contributed by atoms with E-state index in [0.29, 0.717) is 49.8 Å². The van der Waals surface area contributed by atoms with Crippen LogP contribution in [0.15, 0.2) is 61.1 Å². The fourth-order valence-electron chi connectivity index (χ4n) is 3.95.